The molecule has 6 nitrogen and oxygen atoms in total. The lowest BCUT2D eigenvalue weighted by atomic mass is 10.0. The molecule has 1 heterocycles. The lowest BCUT2D eigenvalue weighted by molar-refractivity contribution is 0.400. The third-order valence-corrected chi connectivity index (χ3v) is 5.78. The van der Waals surface area contributed by atoms with Gasteiger partial charge < -0.3 is 5.32 Å². The van der Waals surface area contributed by atoms with Gasteiger partial charge in [-0.05, 0) is 39.5 Å². The highest BCUT2D eigenvalue weighted by atomic mass is 32.2. The Morgan fingerprint density at radius 1 is 1.38 bits per heavy atom. The van der Waals surface area contributed by atoms with Crippen molar-refractivity contribution < 1.29 is 8.42 Å². The van der Waals surface area contributed by atoms with Crippen LogP contribution in [0.5, 0.6) is 0 Å². The Labute approximate surface area is 127 Å². The minimum atomic E-state index is -3.57. The molecule has 0 aliphatic heterocycles. The van der Waals surface area contributed by atoms with E-state index < -0.39 is 15.6 Å². The highest BCUT2D eigenvalue weighted by Gasteiger charge is 2.41. The molecule has 2 rings (SSSR count). The smallest absolute Gasteiger partial charge is 0.244 e. The number of hydrogen-bond acceptors (Lipinski definition) is 4. The molecule has 0 amide bonds. The number of nitrogens with zero attached hydrogens (tertiary/aromatic N) is 1. The van der Waals surface area contributed by atoms with Crippen LogP contribution in [0.15, 0.2) is 4.90 Å². The Kier molecular flexibility index (Phi) is 4.46. The van der Waals surface area contributed by atoms with Crippen molar-refractivity contribution in [3.8, 4) is 0 Å². The van der Waals surface area contributed by atoms with Crippen LogP contribution in [0.2, 0.25) is 0 Å². The molecule has 1 aromatic rings. The van der Waals surface area contributed by atoms with Gasteiger partial charge in [-0.1, -0.05) is 13.8 Å². The summed E-state index contributed by atoms with van der Waals surface area (Å²) in [5.41, 5.74) is 0.709. The first-order valence-electron chi connectivity index (χ1n) is 7.44. The van der Waals surface area contributed by atoms with Crippen molar-refractivity contribution in [2.75, 3.05) is 0 Å². The summed E-state index contributed by atoms with van der Waals surface area (Å²) in [6.45, 7) is 10.1. The molecule has 120 valence electrons. The fourth-order valence-corrected chi connectivity index (χ4v) is 4.37. The molecule has 7 heteroatoms. The van der Waals surface area contributed by atoms with Crippen molar-refractivity contribution in [2.24, 2.45) is 5.92 Å². The largest absolute Gasteiger partial charge is 0.309 e. The average Bonchev–Trinajstić information content (AvgIpc) is 3.10. The van der Waals surface area contributed by atoms with Gasteiger partial charge in [-0.15, -0.1) is 0 Å². The molecule has 1 fully saturated rings. The summed E-state index contributed by atoms with van der Waals surface area (Å²) < 4.78 is 28.3. The lowest BCUT2D eigenvalue weighted by Crippen LogP contribution is -2.45. The third kappa shape index (κ3) is 3.84. The van der Waals surface area contributed by atoms with E-state index in [4.69, 9.17) is 0 Å². The van der Waals surface area contributed by atoms with E-state index in [0.29, 0.717) is 23.9 Å². The summed E-state index contributed by atoms with van der Waals surface area (Å²) in [7, 11) is -3.57. The zero-order valence-electron chi connectivity index (χ0n) is 13.4. The molecule has 0 atom stereocenters. The quantitative estimate of drug-likeness (QED) is 0.714. The van der Waals surface area contributed by atoms with E-state index in [1.807, 2.05) is 27.7 Å². The van der Waals surface area contributed by atoms with Crippen molar-refractivity contribution >= 4 is 10.0 Å². The molecule has 1 aliphatic rings. The lowest BCUT2D eigenvalue weighted by Gasteiger charge is -2.26. The number of aromatic nitrogens is 2. The van der Waals surface area contributed by atoms with Crippen LogP contribution in [0, 0.1) is 12.8 Å². The Bertz CT molecular complexity index is 600. The SMILES string of the molecule is Cc1[nH]nc(CNC(C)C)c1S(=O)(=O)NC(C)(C)C1CC1. The van der Waals surface area contributed by atoms with Crippen LogP contribution in [-0.4, -0.2) is 30.2 Å². The van der Waals surface area contributed by atoms with E-state index in [9.17, 15) is 8.42 Å². The molecular weight excluding hydrogens is 288 g/mol. The molecule has 1 aromatic heterocycles. The van der Waals surface area contributed by atoms with E-state index in [1.54, 1.807) is 6.92 Å². The molecule has 0 radical (unpaired) electrons. The number of rotatable bonds is 7. The Hall–Kier alpha value is -0.920. The van der Waals surface area contributed by atoms with E-state index in [2.05, 4.69) is 20.2 Å². The Morgan fingerprint density at radius 3 is 2.52 bits per heavy atom. The van der Waals surface area contributed by atoms with Crippen molar-refractivity contribution in [2.45, 2.75) is 70.5 Å². The van der Waals surface area contributed by atoms with Gasteiger partial charge in [0.05, 0.1) is 11.4 Å². The monoisotopic (exact) mass is 314 g/mol. The molecule has 0 aromatic carbocycles. The number of sulfonamides is 1. The van der Waals surface area contributed by atoms with Gasteiger partial charge in [0.25, 0.3) is 0 Å². The second-order valence-corrected chi connectivity index (χ2v) is 8.38. The van der Waals surface area contributed by atoms with E-state index in [-0.39, 0.29) is 10.9 Å². The Morgan fingerprint density at radius 2 is 2.00 bits per heavy atom. The molecule has 21 heavy (non-hydrogen) atoms. The second-order valence-electron chi connectivity index (χ2n) is 6.76. The van der Waals surface area contributed by atoms with Gasteiger partial charge in [-0.25, -0.2) is 13.1 Å². The maximum atomic E-state index is 12.7. The number of aromatic amines is 1. The molecule has 1 saturated carbocycles. The number of hydrogen-bond donors (Lipinski definition) is 3. The van der Waals surface area contributed by atoms with Crippen LogP contribution in [0.1, 0.15) is 51.9 Å². The van der Waals surface area contributed by atoms with E-state index in [0.717, 1.165) is 12.8 Å². The standard InChI is InChI=1S/C14H26N4O2S/c1-9(2)15-8-12-13(10(3)16-17-12)21(19,20)18-14(4,5)11-6-7-11/h9,11,15,18H,6-8H2,1-5H3,(H,16,17). The number of aryl methyl sites for hydroxylation is 1. The van der Waals surface area contributed by atoms with Crippen LogP contribution in [0.4, 0.5) is 0 Å². The second kappa shape index (κ2) is 5.70. The van der Waals surface area contributed by atoms with Gasteiger partial charge in [0.1, 0.15) is 4.90 Å². The van der Waals surface area contributed by atoms with Crippen LogP contribution >= 0.6 is 0 Å². The summed E-state index contributed by atoms with van der Waals surface area (Å²) in [5, 5.41) is 10.1. The molecule has 0 unspecified atom stereocenters. The van der Waals surface area contributed by atoms with E-state index >= 15 is 0 Å². The van der Waals surface area contributed by atoms with Crippen molar-refractivity contribution in [3.05, 3.63) is 11.4 Å². The predicted molar refractivity (Wildman–Crippen MR) is 82.4 cm³/mol. The van der Waals surface area contributed by atoms with Gasteiger partial charge in [0.15, 0.2) is 0 Å². The molecule has 0 spiro atoms. The molecular formula is C14H26N4O2S. The molecule has 1 aliphatic carbocycles. The van der Waals surface area contributed by atoms with Crippen LogP contribution in [0.3, 0.4) is 0 Å². The summed E-state index contributed by atoms with van der Waals surface area (Å²) >= 11 is 0. The molecule has 3 N–H and O–H groups in total. The van der Waals surface area contributed by atoms with Gasteiger partial charge in [0, 0.05) is 18.1 Å². The number of nitrogens with one attached hydrogen (secondary N) is 3. The normalized spacial score (nSPS) is 16.7. The fraction of sp³-hybridized carbons (Fsp3) is 0.786. The van der Waals surface area contributed by atoms with Gasteiger partial charge in [-0.2, -0.15) is 5.10 Å². The molecule has 0 bridgehead atoms. The third-order valence-electron chi connectivity index (χ3n) is 3.90. The Balaban J connectivity index is 2.24. The summed E-state index contributed by atoms with van der Waals surface area (Å²) in [6, 6.07) is 0.272. The fourth-order valence-electron chi connectivity index (χ4n) is 2.53. The topological polar surface area (TPSA) is 86.9 Å². The summed E-state index contributed by atoms with van der Waals surface area (Å²) in [4.78, 5) is 0.282. The summed E-state index contributed by atoms with van der Waals surface area (Å²) in [6.07, 6.45) is 2.17. The van der Waals surface area contributed by atoms with Crippen LogP contribution in [0.25, 0.3) is 0 Å². The minimum Gasteiger partial charge on any atom is -0.309 e. The van der Waals surface area contributed by atoms with Crippen LogP contribution < -0.4 is 10.0 Å². The van der Waals surface area contributed by atoms with E-state index in [1.165, 1.54) is 0 Å². The first kappa shape index (κ1) is 16.5. The van der Waals surface area contributed by atoms with Gasteiger partial charge >= 0.3 is 0 Å². The van der Waals surface area contributed by atoms with Crippen LogP contribution in [-0.2, 0) is 16.6 Å². The first-order chi connectivity index (χ1) is 9.63. The van der Waals surface area contributed by atoms with Crippen molar-refractivity contribution in [1.82, 2.24) is 20.2 Å². The predicted octanol–water partition coefficient (Wildman–Crippen LogP) is 1.68. The van der Waals surface area contributed by atoms with Crippen molar-refractivity contribution in [1.29, 1.82) is 0 Å². The minimum absolute atomic E-state index is 0.272. The zero-order chi connectivity index (χ0) is 15.8. The zero-order valence-corrected chi connectivity index (χ0v) is 14.3. The van der Waals surface area contributed by atoms with Gasteiger partial charge in [-0.3, -0.25) is 5.10 Å². The average molecular weight is 314 g/mol. The first-order valence-corrected chi connectivity index (χ1v) is 8.93. The molecule has 0 saturated heterocycles. The highest BCUT2D eigenvalue weighted by molar-refractivity contribution is 7.89. The summed E-state index contributed by atoms with van der Waals surface area (Å²) in [5.74, 6) is 0.428. The highest BCUT2D eigenvalue weighted by Crippen LogP contribution is 2.40. The maximum absolute atomic E-state index is 12.7. The van der Waals surface area contributed by atoms with Gasteiger partial charge in [0.2, 0.25) is 10.0 Å². The number of H-pyrrole nitrogens is 1. The van der Waals surface area contributed by atoms with Crippen molar-refractivity contribution in [3.63, 3.8) is 0 Å². The maximum Gasteiger partial charge on any atom is 0.244 e.